The van der Waals surface area contributed by atoms with Gasteiger partial charge in [0.15, 0.2) is 9.84 Å². The van der Waals surface area contributed by atoms with Crippen molar-refractivity contribution in [1.82, 2.24) is 4.98 Å². The molecule has 0 saturated carbocycles. The Morgan fingerprint density at radius 3 is 2.52 bits per heavy atom. The van der Waals surface area contributed by atoms with E-state index in [4.69, 9.17) is 11.0 Å². The van der Waals surface area contributed by atoms with Crippen LogP contribution in [0.15, 0.2) is 41.4 Å². The van der Waals surface area contributed by atoms with E-state index in [0.717, 1.165) is 5.56 Å². The van der Waals surface area contributed by atoms with Crippen LogP contribution in [0.2, 0.25) is 0 Å². The van der Waals surface area contributed by atoms with Crippen LogP contribution in [0.25, 0.3) is 0 Å². The molecular formula is C14H14N4O2S. The summed E-state index contributed by atoms with van der Waals surface area (Å²) in [4.78, 5) is 4.35. The minimum absolute atomic E-state index is 0.280. The maximum absolute atomic E-state index is 11.4. The van der Waals surface area contributed by atoms with Crippen LogP contribution in [-0.2, 0) is 16.4 Å². The van der Waals surface area contributed by atoms with Gasteiger partial charge < -0.3 is 11.1 Å². The summed E-state index contributed by atoms with van der Waals surface area (Å²) in [6.07, 6.45) is 2.60. The number of sulfone groups is 1. The molecule has 2 rings (SSSR count). The molecule has 0 radical (unpaired) electrons. The largest absolute Gasteiger partial charge is 0.396 e. The first-order valence-electron chi connectivity index (χ1n) is 6.08. The summed E-state index contributed by atoms with van der Waals surface area (Å²) in [6, 6.07) is 10.1. The van der Waals surface area contributed by atoms with Gasteiger partial charge >= 0.3 is 0 Å². The molecule has 0 atom stereocenters. The molecule has 1 heterocycles. The van der Waals surface area contributed by atoms with E-state index in [1.54, 1.807) is 30.3 Å². The van der Waals surface area contributed by atoms with Crippen molar-refractivity contribution in [3.05, 3.63) is 47.7 Å². The van der Waals surface area contributed by atoms with Crippen molar-refractivity contribution in [2.45, 2.75) is 11.4 Å². The second-order valence-electron chi connectivity index (χ2n) is 4.54. The van der Waals surface area contributed by atoms with Crippen LogP contribution in [-0.4, -0.2) is 19.7 Å². The number of benzene rings is 1. The highest BCUT2D eigenvalue weighted by molar-refractivity contribution is 7.90. The number of rotatable bonds is 4. The van der Waals surface area contributed by atoms with E-state index in [0.29, 0.717) is 23.6 Å². The lowest BCUT2D eigenvalue weighted by molar-refractivity contribution is 0.602. The lowest BCUT2D eigenvalue weighted by Crippen LogP contribution is -2.05. The van der Waals surface area contributed by atoms with E-state index < -0.39 is 9.84 Å². The van der Waals surface area contributed by atoms with Gasteiger partial charge in [0, 0.05) is 19.0 Å². The van der Waals surface area contributed by atoms with E-state index in [9.17, 15) is 8.42 Å². The molecular weight excluding hydrogens is 288 g/mol. The van der Waals surface area contributed by atoms with Crippen molar-refractivity contribution in [3.8, 4) is 6.07 Å². The Hall–Kier alpha value is -2.59. The van der Waals surface area contributed by atoms with Gasteiger partial charge in [-0.15, -0.1) is 0 Å². The Morgan fingerprint density at radius 2 is 2.00 bits per heavy atom. The van der Waals surface area contributed by atoms with E-state index in [1.807, 2.05) is 6.07 Å². The van der Waals surface area contributed by atoms with Gasteiger partial charge in [0.25, 0.3) is 0 Å². The summed E-state index contributed by atoms with van der Waals surface area (Å²) >= 11 is 0. The predicted octanol–water partition coefficient (Wildman–Crippen LogP) is 1.55. The third-order valence-electron chi connectivity index (χ3n) is 2.86. The van der Waals surface area contributed by atoms with Crippen molar-refractivity contribution < 1.29 is 8.42 Å². The summed E-state index contributed by atoms with van der Waals surface area (Å²) < 4.78 is 22.7. The van der Waals surface area contributed by atoms with Gasteiger partial charge in [0.05, 0.1) is 16.1 Å². The van der Waals surface area contributed by atoms with Crippen LogP contribution in [0, 0.1) is 11.3 Å². The molecule has 3 N–H and O–H groups in total. The van der Waals surface area contributed by atoms with Gasteiger partial charge in [-0.05, 0) is 23.8 Å². The fourth-order valence-corrected chi connectivity index (χ4v) is 2.36. The third kappa shape index (κ3) is 3.70. The number of nitrogens with two attached hydrogens (primary N) is 1. The number of nitrogens with zero attached hydrogens (tertiary/aromatic N) is 2. The second-order valence-corrected chi connectivity index (χ2v) is 6.56. The zero-order chi connectivity index (χ0) is 15.5. The highest BCUT2D eigenvalue weighted by Crippen LogP contribution is 2.17. The first-order valence-corrected chi connectivity index (χ1v) is 7.98. The number of anilines is 2. The van der Waals surface area contributed by atoms with Crippen molar-refractivity contribution in [3.63, 3.8) is 0 Å². The summed E-state index contributed by atoms with van der Waals surface area (Å²) in [5.74, 6) is 0.487. The average molecular weight is 302 g/mol. The van der Waals surface area contributed by atoms with Crippen LogP contribution in [0.1, 0.15) is 11.1 Å². The van der Waals surface area contributed by atoms with E-state index >= 15 is 0 Å². The van der Waals surface area contributed by atoms with Crippen LogP contribution in [0.4, 0.5) is 11.5 Å². The average Bonchev–Trinajstić information content (AvgIpc) is 2.45. The Balaban J connectivity index is 2.09. The summed E-state index contributed by atoms with van der Waals surface area (Å²) in [5, 5.41) is 11.8. The number of nitriles is 1. The van der Waals surface area contributed by atoms with Crippen LogP contribution in [0.5, 0.6) is 0 Å². The molecule has 7 heteroatoms. The monoisotopic (exact) mass is 302 g/mol. The lowest BCUT2D eigenvalue weighted by atomic mass is 10.2. The topological polar surface area (TPSA) is 109 Å². The van der Waals surface area contributed by atoms with E-state index in [1.165, 1.54) is 12.5 Å². The summed E-state index contributed by atoms with van der Waals surface area (Å²) in [7, 11) is -3.18. The van der Waals surface area contributed by atoms with Crippen molar-refractivity contribution in [2.75, 3.05) is 17.3 Å². The maximum Gasteiger partial charge on any atom is 0.175 e. The SMILES string of the molecule is CS(=O)(=O)c1ccc(CNc2ncc(C#N)cc2N)cc1. The highest BCUT2D eigenvalue weighted by atomic mass is 32.2. The quantitative estimate of drug-likeness (QED) is 0.887. The van der Waals surface area contributed by atoms with Crippen LogP contribution >= 0.6 is 0 Å². The lowest BCUT2D eigenvalue weighted by Gasteiger charge is -2.08. The molecule has 0 aliphatic heterocycles. The van der Waals surface area contributed by atoms with Gasteiger partial charge in [-0.1, -0.05) is 12.1 Å². The molecule has 0 spiro atoms. The van der Waals surface area contributed by atoms with Gasteiger partial charge in [-0.2, -0.15) is 5.26 Å². The maximum atomic E-state index is 11.4. The zero-order valence-electron chi connectivity index (χ0n) is 11.4. The minimum atomic E-state index is -3.18. The Labute approximate surface area is 123 Å². The van der Waals surface area contributed by atoms with Crippen LogP contribution in [0.3, 0.4) is 0 Å². The molecule has 21 heavy (non-hydrogen) atoms. The van der Waals surface area contributed by atoms with Crippen molar-refractivity contribution in [1.29, 1.82) is 5.26 Å². The molecule has 0 saturated heterocycles. The Kier molecular flexibility index (Phi) is 4.10. The van der Waals surface area contributed by atoms with Crippen molar-refractivity contribution >= 4 is 21.3 Å². The number of hydrogen-bond donors (Lipinski definition) is 2. The summed E-state index contributed by atoms with van der Waals surface area (Å²) in [6.45, 7) is 0.452. The van der Waals surface area contributed by atoms with E-state index in [-0.39, 0.29) is 4.90 Å². The van der Waals surface area contributed by atoms with Gasteiger partial charge in [-0.3, -0.25) is 0 Å². The molecule has 0 unspecified atom stereocenters. The zero-order valence-corrected chi connectivity index (χ0v) is 12.2. The minimum Gasteiger partial charge on any atom is -0.396 e. The smallest absolute Gasteiger partial charge is 0.175 e. The Bertz CT molecular complexity index is 793. The van der Waals surface area contributed by atoms with E-state index in [2.05, 4.69) is 10.3 Å². The second kappa shape index (κ2) is 5.81. The van der Waals surface area contributed by atoms with Gasteiger partial charge in [-0.25, -0.2) is 13.4 Å². The number of nitrogens with one attached hydrogen (secondary N) is 1. The predicted molar refractivity (Wildman–Crippen MR) is 80.2 cm³/mol. The number of pyridine rings is 1. The standard InChI is InChI=1S/C14H14N4O2S/c1-21(19,20)12-4-2-10(3-5-12)8-17-14-13(16)6-11(7-15)9-18-14/h2-6,9H,8,16H2,1H3,(H,17,18). The number of aromatic nitrogens is 1. The van der Waals surface area contributed by atoms with Gasteiger partial charge in [0.1, 0.15) is 11.9 Å². The molecule has 1 aromatic carbocycles. The first kappa shape index (κ1) is 14.8. The normalized spacial score (nSPS) is 10.9. The molecule has 2 aromatic rings. The molecule has 0 aliphatic rings. The Morgan fingerprint density at radius 1 is 1.33 bits per heavy atom. The molecule has 1 aromatic heterocycles. The van der Waals surface area contributed by atoms with Crippen LogP contribution < -0.4 is 11.1 Å². The molecule has 0 amide bonds. The third-order valence-corrected chi connectivity index (χ3v) is 3.99. The first-order chi connectivity index (χ1) is 9.90. The van der Waals surface area contributed by atoms with Gasteiger partial charge in [0.2, 0.25) is 0 Å². The molecule has 0 aliphatic carbocycles. The highest BCUT2D eigenvalue weighted by Gasteiger charge is 2.06. The fourth-order valence-electron chi connectivity index (χ4n) is 1.73. The number of nitrogen functional groups attached to an aromatic ring is 1. The summed E-state index contributed by atoms with van der Waals surface area (Å²) in [5.41, 5.74) is 7.47. The van der Waals surface area contributed by atoms with Crippen molar-refractivity contribution in [2.24, 2.45) is 0 Å². The molecule has 0 bridgehead atoms. The number of hydrogen-bond acceptors (Lipinski definition) is 6. The molecule has 0 fully saturated rings. The molecule has 108 valence electrons. The molecule has 6 nitrogen and oxygen atoms in total. The fraction of sp³-hybridized carbons (Fsp3) is 0.143.